The monoisotopic (exact) mass is 332 g/mol. The lowest BCUT2D eigenvalue weighted by Gasteiger charge is -2.23. The first-order valence-corrected chi connectivity index (χ1v) is 8.76. The van der Waals surface area contributed by atoms with Gasteiger partial charge in [0.15, 0.2) is 0 Å². The molecule has 1 saturated carbocycles. The lowest BCUT2D eigenvalue weighted by molar-refractivity contribution is 0.100. The molecule has 132 valence electrons. The largest absolute Gasteiger partial charge is 0.395 e. The first-order valence-electron chi connectivity index (χ1n) is 8.76. The van der Waals surface area contributed by atoms with Crippen molar-refractivity contribution in [2.45, 2.75) is 33.1 Å². The Balaban J connectivity index is 2.08. The van der Waals surface area contributed by atoms with Gasteiger partial charge in [0.05, 0.1) is 5.71 Å². The van der Waals surface area contributed by atoms with Gasteiger partial charge in [-0.15, -0.1) is 0 Å². The zero-order valence-corrected chi connectivity index (χ0v) is 15.3. The summed E-state index contributed by atoms with van der Waals surface area (Å²) in [6, 6.07) is 6.60. The standard InChI is InChI=1S/C20H29FN2O/c1-15(13-23(3)4)14-24-22-20-16(2)6-5-7-18(20)12-17-8-10-19(21)11-9-17/h8-12,15-16H,5-7,13-14H2,1-4H3/b18-12+,22-20?/t15-,16+/m1/s1. The van der Waals surface area contributed by atoms with Crippen LogP contribution in [-0.4, -0.2) is 37.9 Å². The molecule has 24 heavy (non-hydrogen) atoms. The van der Waals surface area contributed by atoms with E-state index in [0.717, 1.165) is 37.1 Å². The molecule has 0 N–H and O–H groups in total. The highest BCUT2D eigenvalue weighted by atomic mass is 19.1. The molecule has 1 fully saturated rings. The zero-order chi connectivity index (χ0) is 17.5. The maximum absolute atomic E-state index is 13.1. The summed E-state index contributed by atoms with van der Waals surface area (Å²) in [5.74, 6) is 0.628. The average Bonchev–Trinajstić information content (AvgIpc) is 2.51. The second-order valence-electron chi connectivity index (χ2n) is 7.15. The maximum atomic E-state index is 13.1. The average molecular weight is 332 g/mol. The molecule has 1 aliphatic carbocycles. The lowest BCUT2D eigenvalue weighted by atomic mass is 9.84. The van der Waals surface area contributed by atoms with Gasteiger partial charge in [0.2, 0.25) is 0 Å². The molecular formula is C20H29FN2O. The molecular weight excluding hydrogens is 303 g/mol. The van der Waals surface area contributed by atoms with Crippen molar-refractivity contribution in [1.29, 1.82) is 0 Å². The van der Waals surface area contributed by atoms with Crippen molar-refractivity contribution >= 4 is 11.8 Å². The quantitative estimate of drug-likeness (QED) is 0.711. The maximum Gasteiger partial charge on any atom is 0.123 e. The molecule has 1 aromatic carbocycles. The number of hydrogen-bond donors (Lipinski definition) is 0. The van der Waals surface area contributed by atoms with Crippen LogP contribution in [0.25, 0.3) is 6.08 Å². The molecule has 1 aliphatic rings. The molecule has 0 radical (unpaired) electrons. The SMILES string of the molecule is C[C@@H](CON=C1/C(=C/c2ccc(F)cc2)CCC[C@@H]1C)CN(C)C. The van der Waals surface area contributed by atoms with Crippen molar-refractivity contribution < 1.29 is 9.23 Å². The highest BCUT2D eigenvalue weighted by molar-refractivity contribution is 6.05. The van der Waals surface area contributed by atoms with Gasteiger partial charge in [0.25, 0.3) is 0 Å². The van der Waals surface area contributed by atoms with E-state index in [0.29, 0.717) is 18.4 Å². The van der Waals surface area contributed by atoms with Gasteiger partial charge in [0.1, 0.15) is 12.4 Å². The number of allylic oxidation sites excluding steroid dienone is 1. The normalized spacial score (nSPS) is 23.0. The molecule has 0 saturated heterocycles. The number of halogens is 1. The second-order valence-corrected chi connectivity index (χ2v) is 7.15. The smallest absolute Gasteiger partial charge is 0.123 e. The van der Waals surface area contributed by atoms with E-state index in [4.69, 9.17) is 4.84 Å². The van der Waals surface area contributed by atoms with Crippen molar-refractivity contribution in [2.75, 3.05) is 27.2 Å². The summed E-state index contributed by atoms with van der Waals surface area (Å²) in [6.07, 6.45) is 5.40. The summed E-state index contributed by atoms with van der Waals surface area (Å²) in [4.78, 5) is 7.81. The van der Waals surface area contributed by atoms with E-state index in [1.807, 2.05) is 0 Å². The molecule has 4 heteroatoms. The Hall–Kier alpha value is -1.68. The van der Waals surface area contributed by atoms with Gasteiger partial charge >= 0.3 is 0 Å². The summed E-state index contributed by atoms with van der Waals surface area (Å²) in [7, 11) is 4.13. The Morgan fingerprint density at radius 3 is 2.71 bits per heavy atom. The predicted molar refractivity (Wildman–Crippen MR) is 98.5 cm³/mol. The third kappa shape index (κ3) is 5.75. The first kappa shape index (κ1) is 18.7. The van der Waals surface area contributed by atoms with Crippen molar-refractivity contribution in [3.8, 4) is 0 Å². The second kappa shape index (κ2) is 8.97. The number of oxime groups is 1. The van der Waals surface area contributed by atoms with Crippen LogP contribution in [0.15, 0.2) is 35.0 Å². The van der Waals surface area contributed by atoms with E-state index in [-0.39, 0.29) is 5.82 Å². The topological polar surface area (TPSA) is 24.8 Å². The Labute approximate surface area is 145 Å². The summed E-state index contributed by atoms with van der Waals surface area (Å²) in [5.41, 5.74) is 3.26. The van der Waals surface area contributed by atoms with E-state index < -0.39 is 0 Å². The molecule has 0 bridgehead atoms. The minimum Gasteiger partial charge on any atom is -0.395 e. The van der Waals surface area contributed by atoms with Gasteiger partial charge in [-0.1, -0.05) is 31.1 Å². The van der Waals surface area contributed by atoms with Gasteiger partial charge in [0, 0.05) is 18.4 Å². The fourth-order valence-electron chi connectivity index (χ4n) is 3.14. The highest BCUT2D eigenvalue weighted by Crippen LogP contribution is 2.28. The van der Waals surface area contributed by atoms with E-state index in [9.17, 15) is 4.39 Å². The molecule has 2 rings (SSSR count). The summed E-state index contributed by atoms with van der Waals surface area (Å²) in [5, 5.41) is 4.46. The minimum absolute atomic E-state index is 0.207. The van der Waals surface area contributed by atoms with Crippen molar-refractivity contribution in [2.24, 2.45) is 17.0 Å². The van der Waals surface area contributed by atoms with E-state index in [2.05, 4.69) is 44.1 Å². The molecule has 0 spiro atoms. The summed E-state index contributed by atoms with van der Waals surface area (Å²) in [6.45, 7) is 5.97. The number of nitrogens with zero attached hydrogens (tertiary/aromatic N) is 2. The van der Waals surface area contributed by atoms with Gasteiger partial charge in [-0.2, -0.15) is 0 Å². The molecule has 0 aromatic heterocycles. The van der Waals surface area contributed by atoms with Crippen LogP contribution < -0.4 is 0 Å². The van der Waals surface area contributed by atoms with E-state index >= 15 is 0 Å². The van der Waals surface area contributed by atoms with Gasteiger partial charge in [-0.3, -0.25) is 0 Å². The van der Waals surface area contributed by atoms with Crippen molar-refractivity contribution in [1.82, 2.24) is 4.90 Å². The van der Waals surface area contributed by atoms with E-state index in [1.54, 1.807) is 12.1 Å². The molecule has 0 unspecified atom stereocenters. The van der Waals surface area contributed by atoms with Crippen LogP contribution in [0.5, 0.6) is 0 Å². The minimum atomic E-state index is -0.207. The third-order valence-electron chi connectivity index (χ3n) is 4.29. The van der Waals surface area contributed by atoms with Crippen LogP contribution in [0, 0.1) is 17.7 Å². The molecule has 0 heterocycles. The van der Waals surface area contributed by atoms with Gasteiger partial charge in [-0.25, -0.2) is 4.39 Å². The van der Waals surface area contributed by atoms with E-state index in [1.165, 1.54) is 17.7 Å². The number of benzene rings is 1. The Morgan fingerprint density at radius 1 is 1.33 bits per heavy atom. The first-order chi connectivity index (χ1) is 11.5. The van der Waals surface area contributed by atoms with Crippen molar-refractivity contribution in [3.63, 3.8) is 0 Å². The van der Waals surface area contributed by atoms with Crippen LogP contribution in [0.1, 0.15) is 38.7 Å². The van der Waals surface area contributed by atoms with Crippen LogP contribution >= 0.6 is 0 Å². The van der Waals surface area contributed by atoms with Crippen LogP contribution in [0.2, 0.25) is 0 Å². The van der Waals surface area contributed by atoms with Crippen LogP contribution in [0.3, 0.4) is 0 Å². The summed E-state index contributed by atoms with van der Waals surface area (Å²) < 4.78 is 13.1. The molecule has 2 atom stereocenters. The number of hydrogen-bond acceptors (Lipinski definition) is 3. The van der Waals surface area contributed by atoms with Crippen LogP contribution in [-0.2, 0) is 4.84 Å². The fourth-order valence-corrected chi connectivity index (χ4v) is 3.14. The van der Waals surface area contributed by atoms with Gasteiger partial charge < -0.3 is 9.74 Å². The van der Waals surface area contributed by atoms with Gasteiger partial charge in [-0.05, 0) is 62.7 Å². The zero-order valence-electron chi connectivity index (χ0n) is 15.3. The summed E-state index contributed by atoms with van der Waals surface area (Å²) >= 11 is 0. The predicted octanol–water partition coefficient (Wildman–Crippen LogP) is 4.60. The molecule has 0 amide bonds. The molecule has 1 aromatic rings. The Bertz CT molecular complexity index is 578. The highest BCUT2D eigenvalue weighted by Gasteiger charge is 2.21. The number of rotatable bonds is 6. The third-order valence-corrected chi connectivity index (χ3v) is 4.29. The van der Waals surface area contributed by atoms with Crippen molar-refractivity contribution in [3.05, 3.63) is 41.2 Å². The Kier molecular flexibility index (Phi) is 6.98. The lowest BCUT2D eigenvalue weighted by Crippen LogP contribution is -2.23. The fraction of sp³-hybridized carbons (Fsp3) is 0.550. The molecule has 0 aliphatic heterocycles. The molecule has 3 nitrogen and oxygen atoms in total. The van der Waals surface area contributed by atoms with Crippen LogP contribution in [0.4, 0.5) is 4.39 Å². The Morgan fingerprint density at radius 2 is 2.04 bits per heavy atom.